The van der Waals surface area contributed by atoms with Crippen molar-refractivity contribution in [1.29, 1.82) is 0 Å². The Bertz CT molecular complexity index is 329. The average molecular weight is 230 g/mol. The fourth-order valence-electron chi connectivity index (χ4n) is 0.526. The Morgan fingerprint density at radius 2 is 1.94 bits per heavy atom. The minimum absolute atomic E-state index is 0.0172. The van der Waals surface area contributed by atoms with Crippen molar-refractivity contribution in [1.82, 2.24) is 0 Å². The van der Waals surface area contributed by atoms with E-state index in [4.69, 9.17) is 5.11 Å². The van der Waals surface area contributed by atoms with Crippen LogP contribution in [0.1, 0.15) is 6.92 Å². The van der Waals surface area contributed by atoms with Gasteiger partial charge in [-0.1, -0.05) is 6.58 Å². The second-order valence-corrected chi connectivity index (χ2v) is 2.42. The average Bonchev–Trinajstić information content (AvgIpc) is 2.23. The summed E-state index contributed by atoms with van der Waals surface area (Å²) in [6.45, 7) is 3.75. The summed E-state index contributed by atoms with van der Waals surface area (Å²) in [4.78, 5) is 31.7. The normalized spacial score (nSPS) is 10.2. The third-order valence-corrected chi connectivity index (χ3v) is 1.19. The van der Waals surface area contributed by atoms with E-state index >= 15 is 0 Å². The Hall–Kier alpha value is -2.31. The summed E-state index contributed by atoms with van der Waals surface area (Å²) in [7, 11) is 0. The van der Waals surface area contributed by atoms with Crippen LogP contribution in [0.5, 0.6) is 0 Å². The molecule has 0 saturated carbocycles. The smallest absolute Gasteiger partial charge is 0.450 e. The fourth-order valence-corrected chi connectivity index (χ4v) is 0.526. The molecule has 0 fully saturated rings. The summed E-state index contributed by atoms with van der Waals surface area (Å²) in [6, 6.07) is 0. The highest BCUT2D eigenvalue weighted by Gasteiger charge is 2.08. The summed E-state index contributed by atoms with van der Waals surface area (Å²) < 4.78 is 12.7. The van der Waals surface area contributed by atoms with Crippen LogP contribution in [-0.2, 0) is 23.8 Å². The molecule has 0 aliphatic rings. The van der Waals surface area contributed by atoms with E-state index in [1.54, 1.807) is 0 Å². The van der Waals surface area contributed by atoms with Crippen LogP contribution in [-0.4, -0.2) is 29.8 Å². The van der Waals surface area contributed by atoms with Crippen molar-refractivity contribution in [2.24, 2.45) is 0 Å². The molecule has 0 spiro atoms. The van der Waals surface area contributed by atoms with Crippen LogP contribution >= 0.6 is 0 Å². The van der Waals surface area contributed by atoms with Gasteiger partial charge in [-0.05, 0) is 6.92 Å². The van der Waals surface area contributed by atoms with Crippen molar-refractivity contribution in [3.63, 3.8) is 0 Å². The van der Waals surface area contributed by atoms with Crippen LogP contribution in [0.4, 0.5) is 4.79 Å². The molecule has 0 saturated heterocycles. The Morgan fingerprint density at radius 1 is 1.31 bits per heavy atom. The van der Waals surface area contributed by atoms with Crippen LogP contribution in [0.2, 0.25) is 0 Å². The number of hydrogen-bond donors (Lipinski definition) is 1. The van der Waals surface area contributed by atoms with Crippen LogP contribution in [0.3, 0.4) is 0 Å². The van der Waals surface area contributed by atoms with Gasteiger partial charge in [-0.3, -0.25) is 0 Å². The van der Waals surface area contributed by atoms with Crippen molar-refractivity contribution in [3.05, 3.63) is 24.7 Å². The van der Waals surface area contributed by atoms with Crippen LogP contribution < -0.4 is 0 Å². The van der Waals surface area contributed by atoms with Gasteiger partial charge in [-0.2, -0.15) is 0 Å². The third kappa shape index (κ3) is 6.19. The molecule has 7 nitrogen and oxygen atoms in total. The molecule has 0 bridgehead atoms. The molecule has 0 rings (SSSR count). The largest absolute Gasteiger partial charge is 0.506 e. The van der Waals surface area contributed by atoms with E-state index in [2.05, 4.69) is 20.8 Å². The molecule has 7 heteroatoms. The van der Waals surface area contributed by atoms with Crippen molar-refractivity contribution in [3.8, 4) is 0 Å². The van der Waals surface area contributed by atoms with Crippen LogP contribution in [0.25, 0.3) is 0 Å². The van der Waals surface area contributed by atoms with E-state index in [-0.39, 0.29) is 5.57 Å². The number of ether oxygens (including phenoxy) is 3. The van der Waals surface area contributed by atoms with Crippen molar-refractivity contribution >= 4 is 18.1 Å². The molecule has 0 radical (unpaired) electrons. The van der Waals surface area contributed by atoms with Crippen LogP contribution in [0.15, 0.2) is 24.7 Å². The van der Waals surface area contributed by atoms with Gasteiger partial charge in [-0.15, -0.1) is 0 Å². The summed E-state index contributed by atoms with van der Waals surface area (Å²) in [6.07, 6.45) is 0.165. The van der Waals surface area contributed by atoms with E-state index in [0.29, 0.717) is 0 Å². The lowest BCUT2D eigenvalue weighted by Gasteiger charge is -2.00. The van der Waals surface area contributed by atoms with Gasteiger partial charge in [-0.25, -0.2) is 14.4 Å². The molecule has 0 aliphatic carbocycles. The lowest BCUT2D eigenvalue weighted by atomic mass is 10.3. The third-order valence-electron chi connectivity index (χ3n) is 1.19. The van der Waals surface area contributed by atoms with Gasteiger partial charge in [0.05, 0.1) is 11.8 Å². The first-order valence-corrected chi connectivity index (χ1v) is 4.01. The number of rotatable bonds is 5. The Morgan fingerprint density at radius 3 is 2.44 bits per heavy atom. The molecule has 0 aromatic heterocycles. The minimum atomic E-state index is -1.59. The molecule has 0 atom stereocenters. The zero-order valence-corrected chi connectivity index (χ0v) is 8.47. The first kappa shape index (κ1) is 13.7. The first-order valence-electron chi connectivity index (χ1n) is 4.01. The summed E-state index contributed by atoms with van der Waals surface area (Å²) in [5, 5.41) is 8.07. The maximum absolute atomic E-state index is 10.9. The summed E-state index contributed by atoms with van der Waals surface area (Å²) in [5.74, 6) is -1.69. The van der Waals surface area contributed by atoms with Crippen LogP contribution in [0, 0.1) is 0 Å². The zero-order chi connectivity index (χ0) is 12.6. The molecule has 0 aromatic carbocycles. The van der Waals surface area contributed by atoms with Gasteiger partial charge in [0.15, 0.2) is 6.61 Å². The second-order valence-electron chi connectivity index (χ2n) is 2.42. The van der Waals surface area contributed by atoms with Gasteiger partial charge in [0.1, 0.15) is 6.26 Å². The standard InChI is InChI=1S/C9H10O7/c1-3-14-8(11)6(2)4-15-7(10)5-16-9(12)13/h3-4H,1,5H2,2H3,(H,12,13). The van der Waals surface area contributed by atoms with Gasteiger partial charge >= 0.3 is 18.1 Å². The lowest BCUT2D eigenvalue weighted by Crippen LogP contribution is -2.13. The minimum Gasteiger partial charge on any atom is -0.450 e. The van der Waals surface area contributed by atoms with Crippen molar-refractivity contribution in [2.45, 2.75) is 6.92 Å². The maximum Gasteiger partial charge on any atom is 0.506 e. The number of esters is 2. The SMILES string of the molecule is C=COC(=O)C(C)=COC(=O)COC(=O)O. The van der Waals surface area contributed by atoms with Crippen molar-refractivity contribution < 1.29 is 33.7 Å². The zero-order valence-electron chi connectivity index (χ0n) is 8.47. The van der Waals surface area contributed by atoms with E-state index < -0.39 is 24.7 Å². The number of carbonyl (C=O) groups excluding carboxylic acids is 2. The summed E-state index contributed by atoms with van der Waals surface area (Å²) in [5.41, 5.74) is 0.0172. The topological polar surface area (TPSA) is 99.1 Å². The predicted octanol–water partition coefficient (Wildman–Crippen LogP) is 0.815. The maximum atomic E-state index is 10.9. The van der Waals surface area contributed by atoms with Gasteiger partial charge in [0.25, 0.3) is 0 Å². The Balaban J connectivity index is 4.05. The molecule has 88 valence electrons. The highest BCUT2D eigenvalue weighted by atomic mass is 16.7. The number of carboxylic acid groups (broad SMARTS) is 1. The van der Waals surface area contributed by atoms with Gasteiger partial charge in [0, 0.05) is 0 Å². The quantitative estimate of drug-likeness (QED) is 0.323. The molecule has 0 aromatic rings. The number of hydrogen-bond acceptors (Lipinski definition) is 6. The predicted molar refractivity (Wildman–Crippen MR) is 50.1 cm³/mol. The molecule has 1 N–H and O–H groups in total. The van der Waals surface area contributed by atoms with Gasteiger partial charge in [0.2, 0.25) is 0 Å². The Kier molecular flexibility index (Phi) is 6.03. The first-order chi connectivity index (χ1) is 7.47. The molecule has 0 amide bonds. The Labute approximate surface area is 90.9 Å². The number of carbonyl (C=O) groups is 3. The van der Waals surface area contributed by atoms with Gasteiger partial charge < -0.3 is 19.3 Å². The highest BCUT2D eigenvalue weighted by Crippen LogP contribution is 1.98. The monoisotopic (exact) mass is 230 g/mol. The van der Waals surface area contributed by atoms with E-state index in [9.17, 15) is 14.4 Å². The molecule has 0 unspecified atom stereocenters. The fraction of sp³-hybridized carbons (Fsp3) is 0.222. The molecular weight excluding hydrogens is 220 g/mol. The molecule has 16 heavy (non-hydrogen) atoms. The van der Waals surface area contributed by atoms with E-state index in [0.717, 1.165) is 12.5 Å². The molecule has 0 aliphatic heterocycles. The second kappa shape index (κ2) is 7.04. The lowest BCUT2D eigenvalue weighted by molar-refractivity contribution is -0.142. The van der Waals surface area contributed by atoms with Crippen molar-refractivity contribution in [2.75, 3.05) is 6.61 Å². The molecular formula is C9H10O7. The van der Waals surface area contributed by atoms with E-state index in [1.165, 1.54) is 6.92 Å². The summed E-state index contributed by atoms with van der Waals surface area (Å²) >= 11 is 0. The molecule has 0 heterocycles. The van der Waals surface area contributed by atoms with E-state index in [1.807, 2.05) is 0 Å². The highest BCUT2D eigenvalue weighted by molar-refractivity contribution is 5.88.